The summed E-state index contributed by atoms with van der Waals surface area (Å²) in [5, 5.41) is 0. The highest BCUT2D eigenvalue weighted by Gasteiger charge is 1.99. The van der Waals surface area contributed by atoms with Crippen molar-refractivity contribution in [2.45, 2.75) is 18.2 Å². The Morgan fingerprint density at radius 3 is 2.92 bits per heavy atom. The Morgan fingerprint density at radius 2 is 2.23 bits per heavy atom. The molecule has 0 heterocycles. The summed E-state index contributed by atoms with van der Waals surface area (Å²) >= 11 is 1.71. The van der Waals surface area contributed by atoms with Crippen LogP contribution in [-0.4, -0.2) is 11.8 Å². The molecule has 0 radical (unpaired) electrons. The zero-order valence-electron chi connectivity index (χ0n) is 7.49. The maximum atomic E-state index is 10.1. The predicted octanol–water partition coefficient (Wildman–Crippen LogP) is 3.16. The lowest BCUT2D eigenvalue weighted by molar-refractivity contribution is 0.565. The third-order valence-corrected chi connectivity index (χ3v) is 2.76. The number of nitrogens with zero attached hydrogens (tertiary/aromatic N) is 1. The van der Waals surface area contributed by atoms with E-state index in [1.807, 2.05) is 24.3 Å². The fourth-order valence-corrected chi connectivity index (χ4v) is 1.79. The molecule has 68 valence electrons. The molecular formula is C10H11NOS. The van der Waals surface area contributed by atoms with Crippen LogP contribution >= 0.6 is 11.8 Å². The molecule has 1 aromatic rings. The molecule has 0 saturated heterocycles. The average Bonchev–Trinajstić information content (AvgIpc) is 2.17. The molecule has 13 heavy (non-hydrogen) atoms. The van der Waals surface area contributed by atoms with E-state index in [1.165, 1.54) is 0 Å². The van der Waals surface area contributed by atoms with Gasteiger partial charge in [-0.05, 0) is 24.3 Å². The first-order valence-corrected chi connectivity index (χ1v) is 5.16. The molecule has 1 rings (SSSR count). The topological polar surface area (TPSA) is 29.4 Å². The standard InChI is InChI=1S/C10H11NOS/c1-2-7-13-10-6-4-3-5-9(10)11-8-12/h3-6H,2,7H2,1H3. The normalized spacial score (nSPS) is 9.31. The summed E-state index contributed by atoms with van der Waals surface area (Å²) in [6.07, 6.45) is 2.68. The van der Waals surface area contributed by atoms with Crippen molar-refractivity contribution in [1.29, 1.82) is 0 Å². The maximum absolute atomic E-state index is 10.1. The van der Waals surface area contributed by atoms with E-state index < -0.39 is 0 Å². The van der Waals surface area contributed by atoms with Gasteiger partial charge in [-0.3, -0.25) is 0 Å². The summed E-state index contributed by atoms with van der Waals surface area (Å²) in [4.78, 5) is 14.8. The van der Waals surface area contributed by atoms with Crippen LogP contribution in [-0.2, 0) is 4.79 Å². The second-order valence-corrected chi connectivity index (χ2v) is 3.66. The summed E-state index contributed by atoms with van der Waals surface area (Å²) in [5.74, 6) is 1.05. The van der Waals surface area contributed by atoms with Crippen molar-refractivity contribution in [2.24, 2.45) is 4.99 Å². The van der Waals surface area contributed by atoms with Crippen molar-refractivity contribution in [3.05, 3.63) is 24.3 Å². The monoisotopic (exact) mass is 193 g/mol. The molecule has 0 bridgehead atoms. The summed E-state index contributed by atoms with van der Waals surface area (Å²) in [7, 11) is 0. The third-order valence-electron chi connectivity index (χ3n) is 1.49. The highest BCUT2D eigenvalue weighted by atomic mass is 32.2. The van der Waals surface area contributed by atoms with Crippen LogP contribution in [0.3, 0.4) is 0 Å². The van der Waals surface area contributed by atoms with E-state index >= 15 is 0 Å². The molecule has 1 aromatic carbocycles. The van der Waals surface area contributed by atoms with Crippen LogP contribution in [0.5, 0.6) is 0 Å². The zero-order valence-corrected chi connectivity index (χ0v) is 8.30. The minimum atomic E-state index is 0.718. The van der Waals surface area contributed by atoms with Crippen molar-refractivity contribution in [3.63, 3.8) is 0 Å². The van der Waals surface area contributed by atoms with Gasteiger partial charge in [0.1, 0.15) is 0 Å². The Kier molecular flexibility index (Phi) is 4.30. The van der Waals surface area contributed by atoms with Gasteiger partial charge in [0.15, 0.2) is 0 Å². The van der Waals surface area contributed by atoms with Crippen LogP contribution in [0.15, 0.2) is 34.2 Å². The van der Waals surface area contributed by atoms with Crippen LogP contribution in [0.4, 0.5) is 5.69 Å². The molecule has 0 fully saturated rings. The number of carbonyl (C=O) groups excluding carboxylic acids is 1. The number of thioether (sulfide) groups is 1. The summed E-state index contributed by atoms with van der Waals surface area (Å²) < 4.78 is 0. The second kappa shape index (κ2) is 5.57. The number of isocyanates is 1. The molecule has 0 spiro atoms. The number of hydrogen-bond donors (Lipinski definition) is 0. The van der Waals surface area contributed by atoms with Gasteiger partial charge in [-0.2, -0.15) is 4.99 Å². The average molecular weight is 193 g/mol. The van der Waals surface area contributed by atoms with Gasteiger partial charge in [-0.1, -0.05) is 19.1 Å². The quantitative estimate of drug-likeness (QED) is 0.417. The fourth-order valence-electron chi connectivity index (χ4n) is 0.933. The van der Waals surface area contributed by atoms with E-state index in [2.05, 4.69) is 11.9 Å². The van der Waals surface area contributed by atoms with Crippen molar-refractivity contribution < 1.29 is 4.79 Å². The first-order chi connectivity index (χ1) is 6.38. The lowest BCUT2D eigenvalue weighted by atomic mass is 10.3. The van der Waals surface area contributed by atoms with E-state index in [0.29, 0.717) is 0 Å². The first kappa shape index (κ1) is 10.0. The number of rotatable bonds is 4. The summed E-state index contributed by atoms with van der Waals surface area (Å²) in [6, 6.07) is 7.60. The van der Waals surface area contributed by atoms with E-state index in [9.17, 15) is 4.79 Å². The van der Waals surface area contributed by atoms with E-state index in [4.69, 9.17) is 0 Å². The molecular weight excluding hydrogens is 182 g/mol. The molecule has 0 aliphatic heterocycles. The van der Waals surface area contributed by atoms with E-state index in [-0.39, 0.29) is 0 Å². The van der Waals surface area contributed by atoms with Crippen LogP contribution < -0.4 is 0 Å². The van der Waals surface area contributed by atoms with Gasteiger partial charge in [0.2, 0.25) is 6.08 Å². The van der Waals surface area contributed by atoms with Gasteiger partial charge in [0.25, 0.3) is 0 Å². The van der Waals surface area contributed by atoms with Crippen molar-refractivity contribution in [3.8, 4) is 0 Å². The third kappa shape index (κ3) is 3.05. The highest BCUT2D eigenvalue weighted by molar-refractivity contribution is 7.99. The van der Waals surface area contributed by atoms with Crippen LogP contribution in [0.25, 0.3) is 0 Å². The first-order valence-electron chi connectivity index (χ1n) is 4.18. The molecule has 0 saturated carbocycles. The van der Waals surface area contributed by atoms with Gasteiger partial charge in [0.05, 0.1) is 5.69 Å². The Morgan fingerprint density at radius 1 is 1.46 bits per heavy atom. The van der Waals surface area contributed by atoms with Gasteiger partial charge >= 0.3 is 0 Å². The van der Waals surface area contributed by atoms with Gasteiger partial charge < -0.3 is 0 Å². The van der Waals surface area contributed by atoms with Gasteiger partial charge in [-0.25, -0.2) is 4.79 Å². The van der Waals surface area contributed by atoms with Gasteiger partial charge in [-0.15, -0.1) is 11.8 Å². The zero-order chi connectivity index (χ0) is 9.52. The lowest BCUT2D eigenvalue weighted by Crippen LogP contribution is -1.76. The Bertz CT molecular complexity index is 318. The van der Waals surface area contributed by atoms with E-state index in [0.717, 1.165) is 22.8 Å². The maximum Gasteiger partial charge on any atom is 0.240 e. The number of aliphatic imine (C=N–C) groups is 1. The number of para-hydroxylation sites is 1. The Labute approximate surface area is 82.1 Å². The lowest BCUT2D eigenvalue weighted by Gasteiger charge is -2.01. The molecule has 0 aromatic heterocycles. The van der Waals surface area contributed by atoms with Crippen molar-refractivity contribution >= 4 is 23.5 Å². The van der Waals surface area contributed by atoms with Crippen LogP contribution in [0.2, 0.25) is 0 Å². The van der Waals surface area contributed by atoms with Gasteiger partial charge in [0, 0.05) is 4.90 Å². The molecule has 2 nitrogen and oxygen atoms in total. The number of hydrogen-bond acceptors (Lipinski definition) is 3. The second-order valence-electron chi connectivity index (χ2n) is 2.52. The molecule has 0 aliphatic rings. The molecule has 0 aliphatic carbocycles. The Balaban J connectivity index is 2.84. The highest BCUT2D eigenvalue weighted by Crippen LogP contribution is 2.28. The Hall–Kier alpha value is -1.05. The van der Waals surface area contributed by atoms with Crippen molar-refractivity contribution in [1.82, 2.24) is 0 Å². The SMILES string of the molecule is CCCSc1ccccc1N=C=O. The van der Waals surface area contributed by atoms with E-state index in [1.54, 1.807) is 17.8 Å². The molecule has 0 amide bonds. The number of benzene rings is 1. The molecule has 3 heteroatoms. The van der Waals surface area contributed by atoms with Crippen molar-refractivity contribution in [2.75, 3.05) is 5.75 Å². The molecule has 0 unspecified atom stereocenters. The fraction of sp³-hybridized carbons (Fsp3) is 0.300. The minimum absolute atomic E-state index is 0.718. The van der Waals surface area contributed by atoms with Crippen LogP contribution in [0, 0.1) is 0 Å². The summed E-state index contributed by atoms with van der Waals surface area (Å²) in [5.41, 5.74) is 0.718. The predicted molar refractivity (Wildman–Crippen MR) is 55.2 cm³/mol. The summed E-state index contributed by atoms with van der Waals surface area (Å²) in [6.45, 7) is 2.12. The smallest absolute Gasteiger partial charge is 0.211 e. The largest absolute Gasteiger partial charge is 0.240 e. The minimum Gasteiger partial charge on any atom is -0.211 e. The molecule has 0 N–H and O–H groups in total. The van der Waals surface area contributed by atoms with Crippen LogP contribution in [0.1, 0.15) is 13.3 Å². The molecule has 0 atom stereocenters.